The Labute approximate surface area is 183 Å². The largest absolute Gasteiger partial charge is 0.493 e. The van der Waals surface area contributed by atoms with E-state index in [0.29, 0.717) is 31.0 Å². The van der Waals surface area contributed by atoms with Crippen molar-refractivity contribution in [3.63, 3.8) is 0 Å². The first-order valence-corrected chi connectivity index (χ1v) is 10.7. The number of ether oxygens (including phenoxy) is 1. The molecular weight excluding hydrogens is 388 g/mol. The normalized spacial score (nSPS) is 13.9. The van der Waals surface area contributed by atoms with Crippen LogP contribution in [-0.4, -0.2) is 53.8 Å². The molecule has 0 atom stereocenters. The summed E-state index contributed by atoms with van der Waals surface area (Å²) in [6.07, 6.45) is 0. The standard InChI is InChI=1S/C25H28N4O2/c1-4-31-23-8-6-5-7-21(23)25(30)29-15-13-28(14-16-29)24-12-11-22(26-27-24)20-10-9-18(2)17-19(20)3/h5-12,17H,4,13-16H2,1-3H3. The Morgan fingerprint density at radius 1 is 0.968 bits per heavy atom. The van der Waals surface area contributed by atoms with Crippen LogP contribution in [0.15, 0.2) is 54.6 Å². The molecule has 1 aromatic heterocycles. The zero-order valence-corrected chi connectivity index (χ0v) is 18.3. The van der Waals surface area contributed by atoms with Gasteiger partial charge < -0.3 is 14.5 Å². The third-order valence-corrected chi connectivity index (χ3v) is 5.62. The van der Waals surface area contributed by atoms with Gasteiger partial charge in [-0.15, -0.1) is 10.2 Å². The summed E-state index contributed by atoms with van der Waals surface area (Å²) in [7, 11) is 0. The van der Waals surface area contributed by atoms with Crippen LogP contribution in [0.5, 0.6) is 5.75 Å². The molecule has 1 amide bonds. The highest BCUT2D eigenvalue weighted by atomic mass is 16.5. The number of piperazine rings is 1. The van der Waals surface area contributed by atoms with Gasteiger partial charge in [-0.3, -0.25) is 4.79 Å². The molecule has 0 spiro atoms. The second-order valence-electron chi connectivity index (χ2n) is 7.80. The average Bonchev–Trinajstić information content (AvgIpc) is 2.80. The molecular formula is C25H28N4O2. The Bertz CT molecular complexity index is 1060. The first-order chi connectivity index (χ1) is 15.1. The van der Waals surface area contributed by atoms with Crippen molar-refractivity contribution in [2.75, 3.05) is 37.7 Å². The maximum absolute atomic E-state index is 13.0. The maximum Gasteiger partial charge on any atom is 0.257 e. The highest BCUT2D eigenvalue weighted by molar-refractivity contribution is 5.97. The minimum Gasteiger partial charge on any atom is -0.493 e. The molecule has 3 aromatic rings. The van der Waals surface area contributed by atoms with E-state index in [9.17, 15) is 4.79 Å². The van der Waals surface area contributed by atoms with Gasteiger partial charge in [0.15, 0.2) is 5.82 Å². The number of aromatic nitrogens is 2. The Morgan fingerprint density at radius 3 is 2.42 bits per heavy atom. The van der Waals surface area contributed by atoms with Crippen molar-refractivity contribution in [2.24, 2.45) is 0 Å². The second-order valence-corrected chi connectivity index (χ2v) is 7.80. The number of para-hydroxylation sites is 1. The lowest BCUT2D eigenvalue weighted by molar-refractivity contribution is 0.0742. The van der Waals surface area contributed by atoms with E-state index in [4.69, 9.17) is 4.74 Å². The van der Waals surface area contributed by atoms with Gasteiger partial charge in [-0.1, -0.05) is 35.9 Å². The first-order valence-electron chi connectivity index (χ1n) is 10.7. The maximum atomic E-state index is 13.0. The third kappa shape index (κ3) is 4.53. The monoisotopic (exact) mass is 416 g/mol. The predicted octanol–water partition coefficient (Wildman–Crippen LogP) is 4.12. The lowest BCUT2D eigenvalue weighted by Gasteiger charge is -2.35. The number of rotatable bonds is 5. The highest BCUT2D eigenvalue weighted by Crippen LogP contribution is 2.24. The zero-order chi connectivity index (χ0) is 21.8. The molecule has 0 radical (unpaired) electrons. The van der Waals surface area contributed by atoms with Crippen LogP contribution in [0.1, 0.15) is 28.4 Å². The molecule has 6 nitrogen and oxygen atoms in total. The molecule has 0 bridgehead atoms. The van der Waals surface area contributed by atoms with E-state index in [1.165, 1.54) is 11.1 Å². The van der Waals surface area contributed by atoms with Gasteiger partial charge in [0.2, 0.25) is 0 Å². The molecule has 0 N–H and O–H groups in total. The predicted molar refractivity (Wildman–Crippen MR) is 123 cm³/mol. The average molecular weight is 417 g/mol. The van der Waals surface area contributed by atoms with Gasteiger partial charge >= 0.3 is 0 Å². The fourth-order valence-corrected chi connectivity index (χ4v) is 3.97. The molecule has 4 rings (SSSR count). The molecule has 2 aromatic carbocycles. The van der Waals surface area contributed by atoms with Crippen molar-refractivity contribution in [1.29, 1.82) is 0 Å². The number of benzene rings is 2. The fourth-order valence-electron chi connectivity index (χ4n) is 3.97. The summed E-state index contributed by atoms with van der Waals surface area (Å²) in [5, 5.41) is 8.92. The number of hydrogen-bond donors (Lipinski definition) is 0. The molecule has 160 valence electrons. The topological polar surface area (TPSA) is 58.6 Å². The Hall–Kier alpha value is -3.41. The molecule has 0 saturated carbocycles. The third-order valence-electron chi connectivity index (χ3n) is 5.62. The van der Waals surface area contributed by atoms with Gasteiger partial charge in [-0.25, -0.2) is 0 Å². The molecule has 2 heterocycles. The van der Waals surface area contributed by atoms with Crippen molar-refractivity contribution in [3.8, 4) is 17.0 Å². The quantitative estimate of drug-likeness (QED) is 0.626. The number of amides is 1. The van der Waals surface area contributed by atoms with E-state index < -0.39 is 0 Å². The summed E-state index contributed by atoms with van der Waals surface area (Å²) in [6, 6.07) is 17.8. The number of anilines is 1. The van der Waals surface area contributed by atoms with Crippen molar-refractivity contribution < 1.29 is 9.53 Å². The van der Waals surface area contributed by atoms with Gasteiger partial charge in [0, 0.05) is 31.7 Å². The number of carbonyl (C=O) groups excluding carboxylic acids is 1. The fraction of sp³-hybridized carbons (Fsp3) is 0.320. The van der Waals surface area contributed by atoms with E-state index in [2.05, 4.69) is 47.1 Å². The van der Waals surface area contributed by atoms with Gasteiger partial charge in [-0.05, 0) is 50.6 Å². The number of hydrogen-bond acceptors (Lipinski definition) is 5. The van der Waals surface area contributed by atoms with Crippen LogP contribution in [0.4, 0.5) is 5.82 Å². The van der Waals surface area contributed by atoms with Crippen LogP contribution in [0.25, 0.3) is 11.3 Å². The van der Waals surface area contributed by atoms with Crippen LogP contribution in [0, 0.1) is 13.8 Å². The van der Waals surface area contributed by atoms with E-state index in [1.807, 2.05) is 48.2 Å². The molecule has 0 unspecified atom stereocenters. The summed E-state index contributed by atoms with van der Waals surface area (Å²) in [6.45, 7) is 9.37. The number of aryl methyl sites for hydroxylation is 2. The minimum atomic E-state index is 0.0139. The molecule has 1 aliphatic heterocycles. The Balaban J connectivity index is 1.41. The highest BCUT2D eigenvalue weighted by Gasteiger charge is 2.25. The van der Waals surface area contributed by atoms with E-state index >= 15 is 0 Å². The van der Waals surface area contributed by atoms with Crippen molar-refractivity contribution in [1.82, 2.24) is 15.1 Å². The van der Waals surface area contributed by atoms with Gasteiger partial charge in [0.05, 0.1) is 17.9 Å². The summed E-state index contributed by atoms with van der Waals surface area (Å²) >= 11 is 0. The molecule has 6 heteroatoms. The molecule has 1 saturated heterocycles. The Kier molecular flexibility index (Phi) is 6.16. The summed E-state index contributed by atoms with van der Waals surface area (Å²) < 4.78 is 5.63. The molecule has 1 aliphatic rings. The van der Waals surface area contributed by atoms with E-state index in [1.54, 1.807) is 0 Å². The number of nitrogens with zero attached hydrogens (tertiary/aromatic N) is 4. The molecule has 1 fully saturated rings. The van der Waals surface area contributed by atoms with Crippen LogP contribution >= 0.6 is 0 Å². The molecule has 0 aliphatic carbocycles. The van der Waals surface area contributed by atoms with Gasteiger partial charge in [-0.2, -0.15) is 0 Å². The van der Waals surface area contributed by atoms with Gasteiger partial charge in [0.25, 0.3) is 5.91 Å². The van der Waals surface area contributed by atoms with Crippen LogP contribution < -0.4 is 9.64 Å². The summed E-state index contributed by atoms with van der Waals surface area (Å²) in [4.78, 5) is 17.1. The second kappa shape index (κ2) is 9.16. The summed E-state index contributed by atoms with van der Waals surface area (Å²) in [5.74, 6) is 1.50. The summed E-state index contributed by atoms with van der Waals surface area (Å²) in [5.41, 5.74) is 5.04. The minimum absolute atomic E-state index is 0.0139. The van der Waals surface area contributed by atoms with Crippen molar-refractivity contribution >= 4 is 11.7 Å². The zero-order valence-electron chi connectivity index (χ0n) is 18.3. The molecule has 31 heavy (non-hydrogen) atoms. The van der Waals surface area contributed by atoms with E-state index in [-0.39, 0.29) is 5.91 Å². The first kappa shape index (κ1) is 20.8. The smallest absolute Gasteiger partial charge is 0.257 e. The lowest BCUT2D eigenvalue weighted by Crippen LogP contribution is -2.49. The Morgan fingerprint density at radius 2 is 1.74 bits per heavy atom. The van der Waals surface area contributed by atoms with Crippen LogP contribution in [0.2, 0.25) is 0 Å². The van der Waals surface area contributed by atoms with Gasteiger partial charge in [0.1, 0.15) is 5.75 Å². The van der Waals surface area contributed by atoms with E-state index in [0.717, 1.165) is 30.2 Å². The van der Waals surface area contributed by atoms with Crippen molar-refractivity contribution in [3.05, 3.63) is 71.3 Å². The number of carbonyl (C=O) groups is 1. The van der Waals surface area contributed by atoms with Crippen LogP contribution in [-0.2, 0) is 0 Å². The SMILES string of the molecule is CCOc1ccccc1C(=O)N1CCN(c2ccc(-c3ccc(C)cc3C)nn2)CC1. The lowest BCUT2D eigenvalue weighted by atomic mass is 10.0. The van der Waals surface area contributed by atoms with Crippen molar-refractivity contribution in [2.45, 2.75) is 20.8 Å². The van der Waals surface area contributed by atoms with Crippen LogP contribution in [0.3, 0.4) is 0 Å².